The molecule has 0 aromatic heterocycles. The Morgan fingerprint density at radius 2 is 1.83 bits per heavy atom. The molecule has 2 rings (SSSR count). The number of likely N-dealkylation sites (tertiary alicyclic amines) is 1. The number of carbonyl (C=O) groups is 2. The van der Waals surface area contributed by atoms with E-state index in [2.05, 4.69) is 54.7 Å². The van der Waals surface area contributed by atoms with Crippen molar-refractivity contribution >= 4 is 47.8 Å². The molecule has 10 heteroatoms. The number of hydrogen-bond acceptors (Lipinski definition) is 7. The van der Waals surface area contributed by atoms with Crippen LogP contribution in [0, 0.1) is 11.8 Å². The second-order valence-electron chi connectivity index (χ2n) is 9.83. The predicted molar refractivity (Wildman–Crippen MR) is 153 cm³/mol. The molecule has 2 unspecified atom stereocenters. The largest absolute Gasteiger partial charge is 0.489 e. The van der Waals surface area contributed by atoms with E-state index < -0.39 is 0 Å². The van der Waals surface area contributed by atoms with Crippen LogP contribution in [-0.2, 0) is 9.59 Å². The van der Waals surface area contributed by atoms with Gasteiger partial charge in [-0.1, -0.05) is 47.8 Å². The van der Waals surface area contributed by atoms with E-state index in [-0.39, 0.29) is 16.7 Å². The van der Waals surface area contributed by atoms with Crippen LogP contribution in [0.5, 0.6) is 5.75 Å². The highest BCUT2D eigenvalue weighted by atomic mass is 35.5. The summed E-state index contributed by atoms with van der Waals surface area (Å²) in [6.45, 7) is 14.0. The van der Waals surface area contributed by atoms with Crippen LogP contribution in [-0.4, -0.2) is 69.2 Å². The van der Waals surface area contributed by atoms with Crippen molar-refractivity contribution in [1.82, 2.24) is 20.3 Å². The van der Waals surface area contributed by atoms with E-state index in [1.165, 1.54) is 0 Å². The summed E-state index contributed by atoms with van der Waals surface area (Å²) in [4.78, 5) is 22.4. The van der Waals surface area contributed by atoms with Crippen LogP contribution in [0.15, 0.2) is 24.8 Å². The average molecular weight is 562 g/mol. The Labute approximate surface area is 231 Å². The van der Waals surface area contributed by atoms with Gasteiger partial charge in [0, 0.05) is 41.4 Å². The molecular formula is C26H42Cl2N4O3S. The minimum Gasteiger partial charge on any atom is -0.489 e. The van der Waals surface area contributed by atoms with Gasteiger partial charge in [0.15, 0.2) is 0 Å². The van der Waals surface area contributed by atoms with Crippen LogP contribution in [0.3, 0.4) is 0 Å². The number of nitrogens with one attached hydrogen (secondary N) is 3. The Morgan fingerprint density at radius 3 is 2.36 bits per heavy atom. The Balaban J connectivity index is 0.000000548. The molecule has 0 aliphatic carbocycles. The number of ether oxygens (including phenoxy) is 1. The maximum absolute atomic E-state index is 10.2. The van der Waals surface area contributed by atoms with Crippen LogP contribution in [0.4, 0.5) is 0 Å². The molecule has 1 amide bonds. The van der Waals surface area contributed by atoms with Gasteiger partial charge >= 0.3 is 0 Å². The van der Waals surface area contributed by atoms with E-state index in [9.17, 15) is 9.59 Å². The van der Waals surface area contributed by atoms with Gasteiger partial charge in [0.2, 0.25) is 6.41 Å². The minimum atomic E-state index is -0.116. The fraction of sp³-hybridized carbons (Fsp3) is 0.615. The molecular weight excluding hydrogens is 519 g/mol. The summed E-state index contributed by atoms with van der Waals surface area (Å²) in [6.07, 6.45) is 5.44. The molecule has 1 aliphatic rings. The number of aldehydes is 1. The second-order valence-corrected chi connectivity index (χ2v) is 12.3. The highest BCUT2D eigenvalue weighted by molar-refractivity contribution is 7.98. The molecule has 204 valence electrons. The van der Waals surface area contributed by atoms with Gasteiger partial charge in [0.05, 0.1) is 10.0 Å². The number of benzene rings is 1. The van der Waals surface area contributed by atoms with Gasteiger partial charge < -0.3 is 25.1 Å². The molecule has 7 nitrogen and oxygen atoms in total. The van der Waals surface area contributed by atoms with E-state index in [1.807, 2.05) is 12.1 Å². The van der Waals surface area contributed by atoms with Crippen molar-refractivity contribution in [2.24, 2.45) is 11.8 Å². The van der Waals surface area contributed by atoms with E-state index in [0.29, 0.717) is 42.1 Å². The number of rotatable bonds is 13. The van der Waals surface area contributed by atoms with Gasteiger partial charge in [-0.15, -0.1) is 0 Å². The van der Waals surface area contributed by atoms with Crippen molar-refractivity contribution in [2.45, 2.75) is 44.4 Å². The third kappa shape index (κ3) is 12.3. The van der Waals surface area contributed by atoms with Crippen LogP contribution in [0.25, 0.3) is 0 Å². The van der Waals surface area contributed by atoms with Gasteiger partial charge in [0.25, 0.3) is 0 Å². The normalized spacial score (nSPS) is 16.3. The van der Waals surface area contributed by atoms with E-state index in [1.54, 1.807) is 25.1 Å². The van der Waals surface area contributed by atoms with Gasteiger partial charge in [0.1, 0.15) is 18.6 Å². The first-order chi connectivity index (χ1) is 17.1. The summed E-state index contributed by atoms with van der Waals surface area (Å²) < 4.78 is 9.75. The summed E-state index contributed by atoms with van der Waals surface area (Å²) in [5.74, 6) is 1.19. The lowest BCUT2D eigenvalue weighted by Crippen LogP contribution is -2.36. The van der Waals surface area contributed by atoms with Crippen molar-refractivity contribution < 1.29 is 14.3 Å². The number of nitrogens with zero attached hydrogens (tertiary/aromatic N) is 1. The van der Waals surface area contributed by atoms with E-state index >= 15 is 0 Å². The third-order valence-corrected chi connectivity index (χ3v) is 7.30. The maximum atomic E-state index is 10.2. The molecule has 1 heterocycles. The van der Waals surface area contributed by atoms with Crippen LogP contribution < -0.4 is 20.1 Å². The van der Waals surface area contributed by atoms with Crippen molar-refractivity contribution in [1.29, 1.82) is 0 Å². The summed E-state index contributed by atoms with van der Waals surface area (Å²) in [7, 11) is 3.94. The molecule has 1 saturated heterocycles. The molecule has 1 aromatic rings. The Kier molecular flexibility index (Phi) is 15.7. The highest BCUT2D eigenvalue weighted by Crippen LogP contribution is 2.41. The third-order valence-electron chi connectivity index (χ3n) is 5.59. The first kappa shape index (κ1) is 32.7. The Morgan fingerprint density at radius 1 is 1.19 bits per heavy atom. The molecule has 3 N–H and O–H groups in total. The molecule has 36 heavy (non-hydrogen) atoms. The molecule has 0 bridgehead atoms. The van der Waals surface area contributed by atoms with Gasteiger partial charge in [-0.2, -0.15) is 0 Å². The SMILES string of the molecule is C=CCOc1cc(Cl)c(Cl)cc1C(NSC(C)(C)C)C1CCN(C)CC1.CNCC(C=O)CNC=O. The van der Waals surface area contributed by atoms with Crippen LogP contribution in [0.2, 0.25) is 10.0 Å². The minimum absolute atomic E-state index is 0.113. The van der Waals surface area contributed by atoms with Crippen molar-refractivity contribution in [3.63, 3.8) is 0 Å². The van der Waals surface area contributed by atoms with E-state index in [4.69, 9.17) is 27.9 Å². The van der Waals surface area contributed by atoms with Crippen molar-refractivity contribution in [3.05, 3.63) is 40.4 Å². The number of halogens is 2. The lowest BCUT2D eigenvalue weighted by molar-refractivity contribution is -0.111. The molecule has 0 radical (unpaired) electrons. The molecule has 0 spiro atoms. The molecule has 1 aliphatic heterocycles. The zero-order chi connectivity index (χ0) is 27.1. The molecule has 2 atom stereocenters. The topological polar surface area (TPSA) is 82.7 Å². The zero-order valence-electron chi connectivity index (χ0n) is 22.1. The predicted octanol–water partition coefficient (Wildman–Crippen LogP) is 4.74. The number of amides is 1. The molecule has 1 fully saturated rings. The van der Waals surface area contributed by atoms with Crippen LogP contribution in [0.1, 0.15) is 45.2 Å². The number of hydrogen-bond donors (Lipinski definition) is 3. The van der Waals surface area contributed by atoms with Gasteiger partial charge in [-0.25, -0.2) is 0 Å². The van der Waals surface area contributed by atoms with Crippen LogP contribution >= 0.6 is 35.1 Å². The van der Waals surface area contributed by atoms with E-state index in [0.717, 1.165) is 43.5 Å². The number of piperidine rings is 1. The van der Waals surface area contributed by atoms with Gasteiger partial charge in [-0.05, 0) is 72.8 Å². The summed E-state index contributed by atoms with van der Waals surface area (Å²) in [5, 5.41) is 6.35. The average Bonchev–Trinajstić information content (AvgIpc) is 2.83. The quantitative estimate of drug-likeness (QED) is 0.182. The smallest absolute Gasteiger partial charge is 0.207 e. The number of carbonyl (C=O) groups excluding carboxylic acids is 2. The second kappa shape index (κ2) is 17.3. The fourth-order valence-corrected chi connectivity index (χ4v) is 4.83. The summed E-state index contributed by atoms with van der Waals surface area (Å²) in [5.41, 5.74) is 1.08. The highest BCUT2D eigenvalue weighted by Gasteiger charge is 2.30. The van der Waals surface area contributed by atoms with Crippen molar-refractivity contribution in [3.8, 4) is 5.75 Å². The molecule has 0 saturated carbocycles. The Hall–Kier alpha value is -1.29. The summed E-state index contributed by atoms with van der Waals surface area (Å²) >= 11 is 14.4. The maximum Gasteiger partial charge on any atom is 0.207 e. The monoisotopic (exact) mass is 560 g/mol. The lowest BCUT2D eigenvalue weighted by Gasteiger charge is -2.36. The molecule has 1 aromatic carbocycles. The van der Waals surface area contributed by atoms with Gasteiger partial charge in [-0.3, -0.25) is 9.52 Å². The summed E-state index contributed by atoms with van der Waals surface area (Å²) in [6, 6.07) is 3.94. The Bertz CT molecular complexity index is 815. The standard InChI is InChI=1S/C20H30Cl2N2OS.C6H12N2O2/c1-6-11-25-18-13-17(22)16(21)12-15(18)19(23-26-20(2,3)4)14-7-9-24(5)10-8-14;1-7-2-6(4-9)3-8-5-10/h6,12-14,19,23H,1,7-11H2,2-5H3;4-7H,2-3H2,1H3,(H,8,10). The lowest BCUT2D eigenvalue weighted by atomic mass is 9.85. The van der Waals surface area contributed by atoms with Crippen molar-refractivity contribution in [2.75, 3.05) is 46.9 Å². The fourth-order valence-electron chi connectivity index (χ4n) is 3.71. The first-order valence-corrected chi connectivity index (χ1v) is 13.7. The zero-order valence-corrected chi connectivity index (χ0v) is 24.4. The first-order valence-electron chi connectivity index (χ1n) is 12.2.